The lowest BCUT2D eigenvalue weighted by atomic mass is 9.99. The number of amides is 1. The summed E-state index contributed by atoms with van der Waals surface area (Å²) in [7, 11) is -3.13. The first kappa shape index (κ1) is 12.8. The Hall–Kier alpha value is -0.660. The van der Waals surface area contributed by atoms with Crippen molar-refractivity contribution in [3.8, 4) is 0 Å². The minimum atomic E-state index is -3.13. The third-order valence-corrected chi connectivity index (χ3v) is 4.75. The van der Waals surface area contributed by atoms with Gasteiger partial charge in [-0.3, -0.25) is 4.79 Å². The SMILES string of the molecule is CS(=O)(=O)N1CC(C(=O)N2CCC(N)CC2)C1. The molecule has 0 aromatic heterocycles. The van der Waals surface area contributed by atoms with Gasteiger partial charge in [0.2, 0.25) is 15.9 Å². The summed E-state index contributed by atoms with van der Waals surface area (Å²) in [6, 6.07) is 0.202. The molecule has 2 fully saturated rings. The number of piperidine rings is 1. The maximum absolute atomic E-state index is 12.0. The van der Waals surface area contributed by atoms with Gasteiger partial charge in [0.15, 0.2) is 0 Å². The van der Waals surface area contributed by atoms with Gasteiger partial charge in [0.1, 0.15) is 0 Å². The van der Waals surface area contributed by atoms with E-state index < -0.39 is 10.0 Å². The topological polar surface area (TPSA) is 83.7 Å². The molecule has 0 aliphatic carbocycles. The first-order chi connectivity index (χ1) is 7.88. The highest BCUT2D eigenvalue weighted by atomic mass is 32.2. The summed E-state index contributed by atoms with van der Waals surface area (Å²) in [5.74, 6) is -0.0733. The van der Waals surface area contributed by atoms with E-state index in [-0.39, 0.29) is 17.9 Å². The zero-order valence-corrected chi connectivity index (χ0v) is 10.8. The van der Waals surface area contributed by atoms with Gasteiger partial charge >= 0.3 is 0 Å². The van der Waals surface area contributed by atoms with Gasteiger partial charge in [0.25, 0.3) is 0 Å². The second-order valence-electron chi connectivity index (χ2n) is 4.94. The molecule has 1 amide bonds. The van der Waals surface area contributed by atoms with Crippen molar-refractivity contribution >= 4 is 15.9 Å². The molecule has 2 N–H and O–H groups in total. The Morgan fingerprint density at radius 3 is 2.24 bits per heavy atom. The first-order valence-corrected chi connectivity index (χ1v) is 7.72. The van der Waals surface area contributed by atoms with Crippen molar-refractivity contribution in [3.05, 3.63) is 0 Å². The predicted molar refractivity (Wildman–Crippen MR) is 63.7 cm³/mol. The first-order valence-electron chi connectivity index (χ1n) is 5.87. The monoisotopic (exact) mass is 261 g/mol. The third-order valence-electron chi connectivity index (χ3n) is 3.52. The Morgan fingerprint density at radius 1 is 1.24 bits per heavy atom. The molecule has 2 aliphatic heterocycles. The molecular weight excluding hydrogens is 242 g/mol. The van der Waals surface area contributed by atoms with E-state index >= 15 is 0 Å². The Kier molecular flexibility index (Phi) is 3.42. The molecule has 98 valence electrons. The Balaban J connectivity index is 1.83. The van der Waals surface area contributed by atoms with Crippen LogP contribution in [-0.4, -0.2) is 62.0 Å². The molecule has 0 radical (unpaired) electrons. The van der Waals surface area contributed by atoms with E-state index in [0.29, 0.717) is 26.2 Å². The zero-order chi connectivity index (χ0) is 12.6. The van der Waals surface area contributed by atoms with E-state index in [1.165, 1.54) is 10.6 Å². The lowest BCUT2D eigenvalue weighted by Gasteiger charge is -2.40. The number of hydrogen-bond acceptors (Lipinski definition) is 4. The average molecular weight is 261 g/mol. The highest BCUT2D eigenvalue weighted by molar-refractivity contribution is 7.88. The summed E-state index contributed by atoms with van der Waals surface area (Å²) in [6.07, 6.45) is 2.86. The number of hydrogen-bond donors (Lipinski definition) is 1. The minimum Gasteiger partial charge on any atom is -0.342 e. The van der Waals surface area contributed by atoms with Crippen LogP contribution in [0.4, 0.5) is 0 Å². The molecule has 0 unspecified atom stereocenters. The number of carbonyl (C=O) groups excluding carboxylic acids is 1. The third kappa shape index (κ3) is 2.78. The molecule has 2 saturated heterocycles. The van der Waals surface area contributed by atoms with E-state index in [1.807, 2.05) is 4.90 Å². The fourth-order valence-electron chi connectivity index (χ4n) is 2.24. The van der Waals surface area contributed by atoms with Crippen LogP contribution in [0.1, 0.15) is 12.8 Å². The summed E-state index contributed by atoms with van der Waals surface area (Å²) in [5, 5.41) is 0. The minimum absolute atomic E-state index is 0.0804. The quantitative estimate of drug-likeness (QED) is 0.679. The second-order valence-corrected chi connectivity index (χ2v) is 6.92. The van der Waals surface area contributed by atoms with E-state index in [0.717, 1.165) is 12.8 Å². The molecule has 0 saturated carbocycles. The van der Waals surface area contributed by atoms with Crippen LogP contribution in [0.2, 0.25) is 0 Å². The largest absolute Gasteiger partial charge is 0.342 e. The number of carbonyl (C=O) groups is 1. The maximum Gasteiger partial charge on any atom is 0.228 e. The molecule has 0 aromatic carbocycles. The van der Waals surface area contributed by atoms with Crippen LogP contribution in [0.5, 0.6) is 0 Å². The maximum atomic E-state index is 12.0. The normalized spacial score (nSPS) is 24.7. The van der Waals surface area contributed by atoms with Crippen molar-refractivity contribution in [3.63, 3.8) is 0 Å². The van der Waals surface area contributed by atoms with Gasteiger partial charge in [0, 0.05) is 32.2 Å². The van der Waals surface area contributed by atoms with Crippen LogP contribution in [0.25, 0.3) is 0 Å². The summed E-state index contributed by atoms with van der Waals surface area (Å²) < 4.78 is 23.7. The molecule has 0 bridgehead atoms. The molecule has 2 rings (SSSR count). The summed E-state index contributed by atoms with van der Waals surface area (Å²) in [4.78, 5) is 13.8. The van der Waals surface area contributed by atoms with E-state index in [4.69, 9.17) is 5.73 Å². The lowest BCUT2D eigenvalue weighted by molar-refractivity contribution is -0.140. The van der Waals surface area contributed by atoms with Crippen LogP contribution in [0.15, 0.2) is 0 Å². The average Bonchev–Trinajstić information content (AvgIpc) is 2.13. The molecule has 17 heavy (non-hydrogen) atoms. The van der Waals surface area contributed by atoms with Gasteiger partial charge in [-0.05, 0) is 12.8 Å². The summed E-state index contributed by atoms with van der Waals surface area (Å²) in [6.45, 7) is 2.07. The highest BCUT2D eigenvalue weighted by Gasteiger charge is 2.40. The molecular formula is C10H19N3O3S. The molecule has 2 heterocycles. The van der Waals surface area contributed by atoms with E-state index in [1.54, 1.807) is 0 Å². The molecule has 0 atom stereocenters. The van der Waals surface area contributed by atoms with Crippen molar-refractivity contribution in [2.75, 3.05) is 32.4 Å². The van der Waals surface area contributed by atoms with E-state index in [9.17, 15) is 13.2 Å². The fraction of sp³-hybridized carbons (Fsp3) is 0.900. The number of rotatable bonds is 2. The second kappa shape index (κ2) is 4.55. The molecule has 2 aliphatic rings. The molecule has 0 aromatic rings. The van der Waals surface area contributed by atoms with Crippen LogP contribution in [-0.2, 0) is 14.8 Å². The van der Waals surface area contributed by atoms with Gasteiger partial charge in [0.05, 0.1) is 12.2 Å². The van der Waals surface area contributed by atoms with Gasteiger partial charge in [-0.25, -0.2) is 12.7 Å². The number of sulfonamides is 1. The summed E-state index contributed by atoms with van der Waals surface area (Å²) in [5.41, 5.74) is 5.77. The standard InChI is InChI=1S/C10H19N3O3S/c1-17(15,16)13-6-8(7-13)10(14)12-4-2-9(11)3-5-12/h8-9H,2-7,11H2,1H3. The van der Waals surface area contributed by atoms with Gasteiger partial charge in [-0.2, -0.15) is 0 Å². The van der Waals surface area contributed by atoms with Crippen LogP contribution in [0.3, 0.4) is 0 Å². The van der Waals surface area contributed by atoms with Crippen LogP contribution >= 0.6 is 0 Å². The molecule has 0 spiro atoms. The highest BCUT2D eigenvalue weighted by Crippen LogP contribution is 2.22. The van der Waals surface area contributed by atoms with E-state index in [2.05, 4.69) is 0 Å². The Labute approximate surface area is 102 Å². The number of nitrogens with two attached hydrogens (primary N) is 1. The molecule has 7 heteroatoms. The molecule has 6 nitrogen and oxygen atoms in total. The van der Waals surface area contributed by atoms with Crippen molar-refractivity contribution in [1.82, 2.24) is 9.21 Å². The zero-order valence-electron chi connectivity index (χ0n) is 10.0. The predicted octanol–water partition coefficient (Wildman–Crippen LogP) is -1.17. The Morgan fingerprint density at radius 2 is 1.76 bits per heavy atom. The number of likely N-dealkylation sites (tertiary alicyclic amines) is 1. The summed E-state index contributed by atoms with van der Waals surface area (Å²) >= 11 is 0. The van der Waals surface area contributed by atoms with Crippen molar-refractivity contribution in [2.24, 2.45) is 11.7 Å². The van der Waals surface area contributed by atoms with Crippen molar-refractivity contribution in [2.45, 2.75) is 18.9 Å². The van der Waals surface area contributed by atoms with Gasteiger partial charge in [-0.1, -0.05) is 0 Å². The van der Waals surface area contributed by atoms with Crippen LogP contribution in [0, 0.1) is 5.92 Å². The van der Waals surface area contributed by atoms with Gasteiger partial charge < -0.3 is 10.6 Å². The fourth-order valence-corrected chi connectivity index (χ4v) is 3.14. The van der Waals surface area contributed by atoms with Crippen molar-refractivity contribution < 1.29 is 13.2 Å². The smallest absolute Gasteiger partial charge is 0.228 e. The van der Waals surface area contributed by atoms with Crippen LogP contribution < -0.4 is 5.73 Å². The number of nitrogens with zero attached hydrogens (tertiary/aromatic N) is 2. The van der Waals surface area contributed by atoms with Crippen molar-refractivity contribution in [1.29, 1.82) is 0 Å². The van der Waals surface area contributed by atoms with Gasteiger partial charge in [-0.15, -0.1) is 0 Å². The Bertz CT molecular complexity index is 395. The lowest BCUT2D eigenvalue weighted by Crippen LogP contribution is -2.57.